The molecule has 8 heteroatoms. The lowest BCUT2D eigenvalue weighted by molar-refractivity contribution is -0.117. The summed E-state index contributed by atoms with van der Waals surface area (Å²) in [5.41, 5.74) is 0.702. The van der Waals surface area contributed by atoms with Gasteiger partial charge in [0, 0.05) is 41.5 Å². The smallest absolute Gasteiger partial charge is 0.232 e. The van der Waals surface area contributed by atoms with E-state index in [1.165, 1.54) is 0 Å². The highest BCUT2D eigenvalue weighted by atomic mass is 35.7. The molecule has 6 nitrogen and oxygen atoms in total. The number of ether oxygens (including phenoxy) is 1. The van der Waals surface area contributed by atoms with Gasteiger partial charge in [0.1, 0.15) is 11.5 Å². The van der Waals surface area contributed by atoms with Crippen molar-refractivity contribution in [2.24, 2.45) is 5.92 Å². The number of aromatic nitrogens is 1. The number of pyridine rings is 1. The maximum atomic E-state index is 12.1. The van der Waals surface area contributed by atoms with Crippen molar-refractivity contribution in [2.75, 3.05) is 17.2 Å². The average Bonchev–Trinajstić information content (AvgIpc) is 2.87. The van der Waals surface area contributed by atoms with Gasteiger partial charge in [0.15, 0.2) is 0 Å². The maximum absolute atomic E-state index is 12.1. The number of carbonyl (C=O) groups is 1. The first-order valence-electron chi connectivity index (χ1n) is 7.31. The SMILES string of the molecule is O=C1CC(CS(=O)(=O)Cl)CN1c1ccc(Oc2cccnc2)cc1. The van der Waals surface area contributed by atoms with E-state index < -0.39 is 9.05 Å². The van der Waals surface area contributed by atoms with Gasteiger partial charge in [0.05, 0.1) is 11.9 Å². The minimum Gasteiger partial charge on any atom is -0.456 e. The van der Waals surface area contributed by atoms with Crippen LogP contribution in [0.5, 0.6) is 11.5 Å². The van der Waals surface area contributed by atoms with Gasteiger partial charge >= 0.3 is 0 Å². The molecule has 1 atom stereocenters. The quantitative estimate of drug-likeness (QED) is 0.760. The molecule has 0 aliphatic carbocycles. The third kappa shape index (κ3) is 4.24. The molecule has 1 unspecified atom stereocenters. The number of hydrogen-bond acceptors (Lipinski definition) is 5. The summed E-state index contributed by atoms with van der Waals surface area (Å²) in [7, 11) is 1.66. The van der Waals surface area contributed by atoms with Gasteiger partial charge in [-0.15, -0.1) is 0 Å². The topological polar surface area (TPSA) is 76.6 Å². The van der Waals surface area contributed by atoms with Crippen LogP contribution in [0.3, 0.4) is 0 Å². The van der Waals surface area contributed by atoms with Crippen molar-refractivity contribution in [2.45, 2.75) is 6.42 Å². The van der Waals surface area contributed by atoms with Crippen LogP contribution in [0.4, 0.5) is 5.69 Å². The van der Waals surface area contributed by atoms with Crippen molar-refractivity contribution < 1.29 is 17.9 Å². The molecule has 24 heavy (non-hydrogen) atoms. The normalized spacial score (nSPS) is 18.0. The van der Waals surface area contributed by atoms with Gasteiger partial charge in [-0.1, -0.05) is 0 Å². The number of hydrogen-bond donors (Lipinski definition) is 0. The van der Waals surface area contributed by atoms with Crippen molar-refractivity contribution in [3.05, 3.63) is 48.8 Å². The van der Waals surface area contributed by atoms with Crippen LogP contribution < -0.4 is 9.64 Å². The molecule has 1 aliphatic heterocycles. The monoisotopic (exact) mass is 366 g/mol. The molecule has 1 aliphatic rings. The summed E-state index contributed by atoms with van der Waals surface area (Å²) in [6.07, 6.45) is 3.45. The number of amides is 1. The maximum Gasteiger partial charge on any atom is 0.232 e. The highest BCUT2D eigenvalue weighted by molar-refractivity contribution is 8.13. The largest absolute Gasteiger partial charge is 0.456 e. The molecule has 0 saturated carbocycles. The van der Waals surface area contributed by atoms with Crippen molar-refractivity contribution in [1.82, 2.24) is 4.98 Å². The lowest BCUT2D eigenvalue weighted by Gasteiger charge is -2.17. The highest BCUT2D eigenvalue weighted by Gasteiger charge is 2.33. The second-order valence-electron chi connectivity index (χ2n) is 5.56. The molecule has 2 heterocycles. The molecule has 126 valence electrons. The van der Waals surface area contributed by atoms with Crippen LogP contribution in [0, 0.1) is 5.92 Å². The van der Waals surface area contributed by atoms with Crippen LogP contribution in [0.1, 0.15) is 6.42 Å². The van der Waals surface area contributed by atoms with Gasteiger partial charge in [0.2, 0.25) is 15.0 Å². The zero-order valence-electron chi connectivity index (χ0n) is 12.6. The molecule has 0 radical (unpaired) electrons. The van der Waals surface area contributed by atoms with E-state index in [9.17, 15) is 13.2 Å². The predicted molar refractivity (Wildman–Crippen MR) is 90.9 cm³/mol. The third-order valence-electron chi connectivity index (χ3n) is 3.66. The molecule has 3 rings (SSSR count). The number of anilines is 1. The molecular weight excluding hydrogens is 352 g/mol. The Morgan fingerprint density at radius 3 is 2.58 bits per heavy atom. The van der Waals surface area contributed by atoms with Crippen LogP contribution in [0.2, 0.25) is 0 Å². The van der Waals surface area contributed by atoms with Crippen LogP contribution >= 0.6 is 10.7 Å². The highest BCUT2D eigenvalue weighted by Crippen LogP contribution is 2.29. The van der Waals surface area contributed by atoms with Gasteiger partial charge in [-0.3, -0.25) is 9.78 Å². The number of benzene rings is 1. The molecule has 1 aromatic heterocycles. The van der Waals surface area contributed by atoms with E-state index in [2.05, 4.69) is 4.98 Å². The van der Waals surface area contributed by atoms with Gasteiger partial charge in [0.25, 0.3) is 0 Å². The van der Waals surface area contributed by atoms with Crippen molar-refractivity contribution in [3.8, 4) is 11.5 Å². The van der Waals surface area contributed by atoms with E-state index in [0.29, 0.717) is 23.7 Å². The second kappa shape index (κ2) is 6.78. The summed E-state index contributed by atoms with van der Waals surface area (Å²) in [5.74, 6) is 0.652. The molecule has 1 aromatic carbocycles. The van der Waals surface area contributed by atoms with Gasteiger partial charge in [-0.25, -0.2) is 8.42 Å². The number of nitrogens with zero attached hydrogens (tertiary/aromatic N) is 2. The standard InChI is InChI=1S/C16H15ClN2O4S/c17-24(21,22)11-12-8-16(20)19(10-12)13-3-5-14(6-4-13)23-15-2-1-7-18-9-15/h1-7,9,12H,8,10-11H2. The van der Waals surface area contributed by atoms with Crippen LogP contribution in [-0.4, -0.2) is 31.6 Å². The first-order valence-corrected chi connectivity index (χ1v) is 9.79. The summed E-state index contributed by atoms with van der Waals surface area (Å²) in [6.45, 7) is 0.341. The van der Waals surface area contributed by atoms with Crippen LogP contribution in [0.15, 0.2) is 48.8 Å². The first kappa shape index (κ1) is 16.7. The summed E-state index contributed by atoms with van der Waals surface area (Å²) in [4.78, 5) is 17.6. The lowest BCUT2D eigenvalue weighted by Crippen LogP contribution is -2.25. The zero-order valence-corrected chi connectivity index (χ0v) is 14.2. The van der Waals surface area contributed by atoms with Crippen LogP contribution in [0.25, 0.3) is 0 Å². The summed E-state index contributed by atoms with van der Waals surface area (Å²) in [6, 6.07) is 10.6. The van der Waals surface area contributed by atoms with E-state index in [4.69, 9.17) is 15.4 Å². The van der Waals surface area contributed by atoms with E-state index >= 15 is 0 Å². The fraction of sp³-hybridized carbons (Fsp3) is 0.250. The van der Waals surface area contributed by atoms with E-state index in [-0.39, 0.29) is 24.0 Å². The van der Waals surface area contributed by atoms with Gasteiger partial charge in [-0.05, 0) is 36.4 Å². The minimum atomic E-state index is -3.61. The van der Waals surface area contributed by atoms with Crippen molar-refractivity contribution >= 4 is 31.3 Å². The Labute approximate surface area is 144 Å². The Morgan fingerprint density at radius 1 is 1.21 bits per heavy atom. The Bertz CT molecular complexity index is 825. The predicted octanol–water partition coefficient (Wildman–Crippen LogP) is 2.80. The number of halogens is 1. The van der Waals surface area contributed by atoms with Gasteiger partial charge in [-0.2, -0.15) is 0 Å². The lowest BCUT2D eigenvalue weighted by atomic mass is 10.1. The Morgan fingerprint density at radius 2 is 1.96 bits per heavy atom. The fourth-order valence-corrected chi connectivity index (χ4v) is 3.98. The Hall–Kier alpha value is -2.12. The average molecular weight is 367 g/mol. The number of rotatable bonds is 5. The van der Waals surface area contributed by atoms with Crippen LogP contribution in [-0.2, 0) is 13.8 Å². The molecular formula is C16H15ClN2O4S. The third-order valence-corrected chi connectivity index (χ3v) is 4.91. The van der Waals surface area contributed by atoms with Gasteiger partial charge < -0.3 is 9.64 Å². The summed E-state index contributed by atoms with van der Waals surface area (Å²) in [5, 5.41) is 0. The zero-order chi connectivity index (χ0) is 17.2. The Kier molecular flexibility index (Phi) is 4.73. The molecule has 1 saturated heterocycles. The van der Waals surface area contributed by atoms with E-state index in [1.807, 2.05) is 0 Å². The van der Waals surface area contributed by atoms with Crippen molar-refractivity contribution in [3.63, 3.8) is 0 Å². The molecule has 1 fully saturated rings. The molecule has 0 spiro atoms. The molecule has 2 aromatic rings. The summed E-state index contributed by atoms with van der Waals surface area (Å²) >= 11 is 0. The van der Waals surface area contributed by atoms with E-state index in [0.717, 1.165) is 0 Å². The molecule has 1 amide bonds. The molecule has 0 N–H and O–H groups in total. The Balaban J connectivity index is 1.68. The minimum absolute atomic E-state index is 0.110. The van der Waals surface area contributed by atoms with Crippen molar-refractivity contribution in [1.29, 1.82) is 0 Å². The van der Waals surface area contributed by atoms with E-state index in [1.54, 1.807) is 53.7 Å². The first-order chi connectivity index (χ1) is 11.4. The molecule has 0 bridgehead atoms. The number of carbonyl (C=O) groups excluding carboxylic acids is 1. The second-order valence-corrected chi connectivity index (χ2v) is 8.39. The summed E-state index contributed by atoms with van der Waals surface area (Å²) < 4.78 is 28.0. The fourth-order valence-electron chi connectivity index (χ4n) is 2.66.